The zero-order valence-electron chi connectivity index (χ0n) is 17.5. The topological polar surface area (TPSA) is 106 Å². The summed E-state index contributed by atoms with van der Waals surface area (Å²) in [6.07, 6.45) is 0. The molecule has 0 unspecified atom stereocenters. The first-order chi connectivity index (χ1) is 15.2. The molecule has 2 N–H and O–H groups in total. The van der Waals surface area contributed by atoms with Crippen LogP contribution in [0.25, 0.3) is 0 Å². The average molecular weight is 449 g/mol. The standard InChI is InChI=1S/C21H21F2N3O6/c1-21(12-4-7-14(30-2)8-5-12)18(28)26(20(29)25-21)11-17(27)24-13-6-9-15(31-3)16(10-13)32-19(22)23/h4-10,19H,11H2,1-3H3,(H,24,27)(H,25,29)/t21-/m1/s1. The summed E-state index contributed by atoms with van der Waals surface area (Å²) in [5.41, 5.74) is -0.720. The highest BCUT2D eigenvalue weighted by Crippen LogP contribution is 2.32. The van der Waals surface area contributed by atoms with Crippen molar-refractivity contribution < 1.29 is 37.4 Å². The van der Waals surface area contributed by atoms with Gasteiger partial charge < -0.3 is 24.8 Å². The Morgan fingerprint density at radius 3 is 2.38 bits per heavy atom. The van der Waals surface area contributed by atoms with E-state index in [9.17, 15) is 23.2 Å². The van der Waals surface area contributed by atoms with E-state index in [0.29, 0.717) is 11.3 Å². The molecule has 11 heteroatoms. The van der Waals surface area contributed by atoms with Crippen LogP contribution >= 0.6 is 0 Å². The highest BCUT2D eigenvalue weighted by Gasteiger charge is 2.49. The third kappa shape index (κ3) is 4.56. The second-order valence-electron chi connectivity index (χ2n) is 6.97. The number of urea groups is 1. The molecular weight excluding hydrogens is 428 g/mol. The Kier molecular flexibility index (Phi) is 6.47. The van der Waals surface area contributed by atoms with Gasteiger partial charge in [0.1, 0.15) is 17.8 Å². The van der Waals surface area contributed by atoms with Gasteiger partial charge in [0.05, 0.1) is 14.2 Å². The number of nitrogens with zero attached hydrogens (tertiary/aromatic N) is 1. The molecule has 9 nitrogen and oxygen atoms in total. The van der Waals surface area contributed by atoms with Crippen LogP contribution in [0.4, 0.5) is 19.3 Å². The number of rotatable bonds is 8. The van der Waals surface area contributed by atoms with Crippen LogP contribution in [0.2, 0.25) is 0 Å². The van der Waals surface area contributed by atoms with Crippen molar-refractivity contribution in [1.29, 1.82) is 0 Å². The van der Waals surface area contributed by atoms with Gasteiger partial charge in [0.25, 0.3) is 5.91 Å². The molecule has 4 amide bonds. The van der Waals surface area contributed by atoms with Gasteiger partial charge in [-0.15, -0.1) is 0 Å². The lowest BCUT2D eigenvalue weighted by Crippen LogP contribution is -2.42. The molecule has 1 fully saturated rings. The van der Waals surface area contributed by atoms with Crippen LogP contribution in [-0.4, -0.2) is 50.1 Å². The zero-order chi connectivity index (χ0) is 23.5. The van der Waals surface area contributed by atoms with Crippen LogP contribution in [0.3, 0.4) is 0 Å². The number of amides is 4. The fraction of sp³-hybridized carbons (Fsp3) is 0.286. The molecule has 32 heavy (non-hydrogen) atoms. The van der Waals surface area contributed by atoms with Crippen LogP contribution in [0.1, 0.15) is 12.5 Å². The van der Waals surface area contributed by atoms with Crippen molar-refractivity contribution >= 4 is 23.5 Å². The van der Waals surface area contributed by atoms with E-state index in [4.69, 9.17) is 9.47 Å². The first kappa shape index (κ1) is 22.8. The molecule has 2 aromatic rings. The van der Waals surface area contributed by atoms with E-state index in [2.05, 4.69) is 15.4 Å². The predicted molar refractivity (Wildman–Crippen MR) is 109 cm³/mol. The van der Waals surface area contributed by atoms with Crippen LogP contribution in [0.15, 0.2) is 42.5 Å². The second kappa shape index (κ2) is 9.08. The number of hydrogen-bond acceptors (Lipinski definition) is 6. The molecule has 1 heterocycles. The average Bonchev–Trinajstić information content (AvgIpc) is 2.97. The first-order valence-corrected chi connectivity index (χ1v) is 9.39. The van der Waals surface area contributed by atoms with Gasteiger partial charge in [-0.3, -0.25) is 14.5 Å². The molecule has 0 aliphatic carbocycles. The molecule has 0 aromatic heterocycles. The monoisotopic (exact) mass is 449 g/mol. The Morgan fingerprint density at radius 2 is 1.78 bits per heavy atom. The lowest BCUT2D eigenvalue weighted by Gasteiger charge is -2.22. The number of ether oxygens (including phenoxy) is 3. The highest BCUT2D eigenvalue weighted by atomic mass is 19.3. The van der Waals surface area contributed by atoms with Crippen molar-refractivity contribution in [3.63, 3.8) is 0 Å². The first-order valence-electron chi connectivity index (χ1n) is 9.39. The molecule has 0 spiro atoms. The summed E-state index contributed by atoms with van der Waals surface area (Å²) in [5.74, 6) is -0.963. The smallest absolute Gasteiger partial charge is 0.387 e. The molecule has 0 bridgehead atoms. The SMILES string of the molecule is COc1ccc([C@@]2(C)NC(=O)N(CC(=O)Nc3ccc(OC)c(OC(F)F)c3)C2=O)cc1. The predicted octanol–water partition coefficient (Wildman–Crippen LogP) is 2.71. The van der Waals surface area contributed by atoms with E-state index < -0.39 is 36.5 Å². The molecule has 0 radical (unpaired) electrons. The Morgan fingerprint density at radius 1 is 1.09 bits per heavy atom. The molecule has 1 saturated heterocycles. The van der Waals surface area contributed by atoms with Gasteiger partial charge >= 0.3 is 12.6 Å². The third-order valence-corrected chi connectivity index (χ3v) is 4.91. The molecule has 1 aliphatic heterocycles. The molecule has 1 atom stereocenters. The fourth-order valence-electron chi connectivity index (χ4n) is 3.25. The Labute approximate surface area is 182 Å². The number of benzene rings is 2. The third-order valence-electron chi connectivity index (χ3n) is 4.91. The number of nitrogens with one attached hydrogen (secondary N) is 2. The second-order valence-corrected chi connectivity index (χ2v) is 6.97. The summed E-state index contributed by atoms with van der Waals surface area (Å²) in [5, 5.41) is 5.04. The van der Waals surface area contributed by atoms with Crippen molar-refractivity contribution in [3.05, 3.63) is 48.0 Å². The summed E-state index contributed by atoms with van der Waals surface area (Å²) < 4.78 is 39.6. The van der Waals surface area contributed by atoms with E-state index in [1.807, 2.05) is 0 Å². The number of carbonyl (C=O) groups is 3. The van der Waals surface area contributed by atoms with Gasteiger partial charge in [-0.25, -0.2) is 4.79 Å². The summed E-state index contributed by atoms with van der Waals surface area (Å²) in [6.45, 7) is -2.13. The van der Waals surface area contributed by atoms with E-state index in [-0.39, 0.29) is 17.2 Å². The number of halogens is 2. The molecule has 3 rings (SSSR count). The number of anilines is 1. The van der Waals surface area contributed by atoms with E-state index in [1.165, 1.54) is 33.3 Å². The minimum Gasteiger partial charge on any atom is -0.497 e. The Hall–Kier alpha value is -3.89. The molecule has 170 valence electrons. The Bertz CT molecular complexity index is 1030. The van der Waals surface area contributed by atoms with E-state index >= 15 is 0 Å². The highest BCUT2D eigenvalue weighted by molar-refractivity contribution is 6.10. The number of methoxy groups -OCH3 is 2. The fourth-order valence-corrected chi connectivity index (χ4v) is 3.25. The lowest BCUT2D eigenvalue weighted by molar-refractivity contribution is -0.133. The molecule has 0 saturated carbocycles. The van der Waals surface area contributed by atoms with Crippen molar-refractivity contribution in [3.8, 4) is 17.2 Å². The van der Waals surface area contributed by atoms with E-state index in [1.54, 1.807) is 24.3 Å². The van der Waals surface area contributed by atoms with E-state index in [0.717, 1.165) is 11.0 Å². The van der Waals surface area contributed by atoms with Crippen molar-refractivity contribution in [2.24, 2.45) is 0 Å². The molecule has 2 aromatic carbocycles. The number of carbonyl (C=O) groups excluding carboxylic acids is 3. The van der Waals surface area contributed by atoms with Crippen LogP contribution in [0.5, 0.6) is 17.2 Å². The maximum Gasteiger partial charge on any atom is 0.387 e. The normalized spacial score (nSPS) is 17.9. The molecule has 1 aliphatic rings. The van der Waals surface area contributed by atoms with Crippen LogP contribution in [-0.2, 0) is 15.1 Å². The van der Waals surface area contributed by atoms with Crippen LogP contribution < -0.4 is 24.8 Å². The summed E-state index contributed by atoms with van der Waals surface area (Å²) in [6, 6.07) is 9.74. The quantitative estimate of drug-likeness (QED) is 0.601. The summed E-state index contributed by atoms with van der Waals surface area (Å²) >= 11 is 0. The minimum absolute atomic E-state index is 0.0488. The number of alkyl halides is 2. The maximum atomic E-state index is 13.0. The summed E-state index contributed by atoms with van der Waals surface area (Å²) in [4.78, 5) is 38.6. The molecular formula is C21H21F2N3O6. The van der Waals surface area contributed by atoms with Crippen molar-refractivity contribution in [2.75, 3.05) is 26.1 Å². The lowest BCUT2D eigenvalue weighted by atomic mass is 9.92. The van der Waals surface area contributed by atoms with Crippen LogP contribution in [0, 0.1) is 0 Å². The number of hydrogen-bond donors (Lipinski definition) is 2. The largest absolute Gasteiger partial charge is 0.497 e. The van der Waals surface area contributed by atoms with Gasteiger partial charge in [0.15, 0.2) is 11.5 Å². The van der Waals surface area contributed by atoms with Gasteiger partial charge in [-0.2, -0.15) is 8.78 Å². The van der Waals surface area contributed by atoms with Crippen molar-refractivity contribution in [2.45, 2.75) is 19.1 Å². The van der Waals surface area contributed by atoms with Crippen molar-refractivity contribution in [1.82, 2.24) is 10.2 Å². The maximum absolute atomic E-state index is 13.0. The van der Waals surface area contributed by atoms with Gasteiger partial charge in [-0.1, -0.05) is 12.1 Å². The minimum atomic E-state index is -3.09. The number of imide groups is 1. The van der Waals surface area contributed by atoms with Gasteiger partial charge in [-0.05, 0) is 36.8 Å². The summed E-state index contributed by atoms with van der Waals surface area (Å²) in [7, 11) is 2.79. The van der Waals surface area contributed by atoms with Gasteiger partial charge in [0.2, 0.25) is 5.91 Å². The zero-order valence-corrected chi connectivity index (χ0v) is 17.5. The Balaban J connectivity index is 1.72. The van der Waals surface area contributed by atoms with Gasteiger partial charge in [0, 0.05) is 11.8 Å².